The zero-order chi connectivity index (χ0) is 20.0. The van der Waals surface area contributed by atoms with Gasteiger partial charge in [-0.1, -0.05) is 22.9 Å². The molecule has 7 heteroatoms. The van der Waals surface area contributed by atoms with Crippen molar-refractivity contribution in [3.8, 4) is 22.9 Å². The molecule has 148 valence electrons. The molecule has 29 heavy (non-hydrogen) atoms. The smallest absolute Gasteiger partial charge is 0.232 e. The maximum atomic E-state index is 12.7. The zero-order valence-electron chi connectivity index (χ0n) is 16.3. The maximum absolute atomic E-state index is 12.7. The van der Waals surface area contributed by atoms with Crippen LogP contribution in [0, 0.1) is 13.8 Å². The summed E-state index contributed by atoms with van der Waals surface area (Å²) >= 11 is 0. The fourth-order valence-electron chi connectivity index (χ4n) is 3.81. The third kappa shape index (κ3) is 3.22. The summed E-state index contributed by atoms with van der Waals surface area (Å²) in [4.78, 5) is 19.0. The lowest BCUT2D eigenvalue weighted by atomic mass is 10.1. The van der Waals surface area contributed by atoms with Gasteiger partial charge in [0.25, 0.3) is 0 Å². The molecule has 0 spiro atoms. The molecule has 0 N–H and O–H groups in total. The van der Waals surface area contributed by atoms with Gasteiger partial charge in [-0.15, -0.1) is 0 Å². The highest BCUT2D eigenvalue weighted by molar-refractivity contribution is 5.96. The van der Waals surface area contributed by atoms with Gasteiger partial charge in [0.05, 0.1) is 5.92 Å². The number of aromatic nitrogens is 2. The van der Waals surface area contributed by atoms with Crippen molar-refractivity contribution >= 4 is 11.6 Å². The van der Waals surface area contributed by atoms with Crippen LogP contribution >= 0.6 is 0 Å². The van der Waals surface area contributed by atoms with Crippen molar-refractivity contribution in [1.82, 2.24) is 10.1 Å². The Labute approximate surface area is 168 Å². The minimum atomic E-state index is -0.137. The second-order valence-electron chi connectivity index (χ2n) is 7.51. The monoisotopic (exact) mass is 391 g/mol. The van der Waals surface area contributed by atoms with E-state index >= 15 is 0 Å². The van der Waals surface area contributed by atoms with Crippen LogP contribution in [0.1, 0.15) is 29.4 Å². The van der Waals surface area contributed by atoms with Crippen LogP contribution in [0.4, 0.5) is 5.69 Å². The van der Waals surface area contributed by atoms with Crippen molar-refractivity contribution in [3.05, 3.63) is 53.4 Å². The molecule has 7 nitrogen and oxygen atoms in total. The number of nitrogens with zero attached hydrogens (tertiary/aromatic N) is 3. The van der Waals surface area contributed by atoms with E-state index in [0.717, 1.165) is 22.4 Å². The fraction of sp³-hybridized carbons (Fsp3) is 0.318. The molecule has 2 aliphatic heterocycles. The standard InChI is InChI=1S/C22H21N3O4/c1-13-3-4-14(2)17(9-13)21-23-22(29-24-21)15-10-20(26)25(12-15)16-5-6-18-19(11-16)28-8-7-27-18/h3-6,9,11,15H,7-8,10,12H2,1-2H3. The predicted octanol–water partition coefficient (Wildman–Crippen LogP) is 3.65. The van der Waals surface area contributed by atoms with Crippen LogP contribution in [0.3, 0.4) is 0 Å². The van der Waals surface area contributed by atoms with Crippen LogP contribution in [0.15, 0.2) is 40.9 Å². The summed E-state index contributed by atoms with van der Waals surface area (Å²) in [5.41, 5.74) is 3.96. The lowest BCUT2D eigenvalue weighted by Gasteiger charge is -2.22. The summed E-state index contributed by atoms with van der Waals surface area (Å²) < 4.78 is 16.7. The molecular formula is C22H21N3O4. The van der Waals surface area contributed by atoms with E-state index < -0.39 is 0 Å². The van der Waals surface area contributed by atoms with Crippen molar-refractivity contribution in [2.24, 2.45) is 0 Å². The summed E-state index contributed by atoms with van der Waals surface area (Å²) in [5.74, 6) is 2.32. The number of anilines is 1. The molecule has 5 rings (SSSR count). The number of carbonyl (C=O) groups excluding carboxylic acids is 1. The number of amides is 1. The third-order valence-electron chi connectivity index (χ3n) is 5.39. The van der Waals surface area contributed by atoms with Crippen LogP contribution in [0.25, 0.3) is 11.4 Å². The molecule has 1 saturated heterocycles. The maximum Gasteiger partial charge on any atom is 0.232 e. The molecule has 1 amide bonds. The van der Waals surface area contributed by atoms with E-state index in [2.05, 4.69) is 16.2 Å². The van der Waals surface area contributed by atoms with Gasteiger partial charge >= 0.3 is 0 Å². The normalized spacial score (nSPS) is 18.3. The van der Waals surface area contributed by atoms with E-state index in [4.69, 9.17) is 14.0 Å². The fourth-order valence-corrected chi connectivity index (χ4v) is 3.81. The molecule has 1 atom stereocenters. The number of carbonyl (C=O) groups is 1. The van der Waals surface area contributed by atoms with Gasteiger partial charge < -0.3 is 18.9 Å². The van der Waals surface area contributed by atoms with Crippen LogP contribution in [0.5, 0.6) is 11.5 Å². The lowest BCUT2D eigenvalue weighted by molar-refractivity contribution is -0.117. The van der Waals surface area contributed by atoms with E-state index in [-0.39, 0.29) is 11.8 Å². The third-order valence-corrected chi connectivity index (χ3v) is 5.39. The van der Waals surface area contributed by atoms with Crippen molar-refractivity contribution < 1.29 is 18.8 Å². The second-order valence-corrected chi connectivity index (χ2v) is 7.51. The highest BCUT2D eigenvalue weighted by Gasteiger charge is 2.35. The van der Waals surface area contributed by atoms with Gasteiger partial charge in [0, 0.05) is 30.3 Å². The number of rotatable bonds is 3. The lowest BCUT2D eigenvalue weighted by Crippen LogP contribution is -2.24. The molecule has 1 unspecified atom stereocenters. The van der Waals surface area contributed by atoms with Crippen LogP contribution < -0.4 is 14.4 Å². The Morgan fingerprint density at radius 3 is 2.72 bits per heavy atom. The second kappa shape index (κ2) is 6.92. The number of fused-ring (bicyclic) bond motifs is 1. The van der Waals surface area contributed by atoms with E-state index in [1.165, 1.54) is 0 Å². The highest BCUT2D eigenvalue weighted by atomic mass is 16.6. The molecule has 2 aliphatic rings. The SMILES string of the molecule is Cc1ccc(C)c(-c2noc(C3CC(=O)N(c4ccc5c(c4)OCCO5)C3)n2)c1. The Morgan fingerprint density at radius 2 is 1.86 bits per heavy atom. The Kier molecular flexibility index (Phi) is 4.23. The number of aryl methyl sites for hydroxylation is 2. The molecule has 0 radical (unpaired) electrons. The van der Waals surface area contributed by atoms with Crippen molar-refractivity contribution in [2.75, 3.05) is 24.7 Å². The van der Waals surface area contributed by atoms with Gasteiger partial charge in [-0.25, -0.2) is 0 Å². The molecule has 0 saturated carbocycles. The van der Waals surface area contributed by atoms with Gasteiger partial charge in [0.2, 0.25) is 17.6 Å². The van der Waals surface area contributed by atoms with Crippen LogP contribution in [-0.4, -0.2) is 35.8 Å². The largest absolute Gasteiger partial charge is 0.486 e. The van der Waals surface area contributed by atoms with Crippen molar-refractivity contribution in [3.63, 3.8) is 0 Å². The molecule has 1 aromatic heterocycles. The molecule has 3 aromatic rings. The first kappa shape index (κ1) is 17.7. The van der Waals surface area contributed by atoms with Gasteiger partial charge in [-0.2, -0.15) is 4.98 Å². The van der Waals surface area contributed by atoms with E-state index in [1.807, 2.05) is 44.2 Å². The molecule has 0 aliphatic carbocycles. The van der Waals surface area contributed by atoms with Crippen LogP contribution in [-0.2, 0) is 4.79 Å². The minimum Gasteiger partial charge on any atom is -0.486 e. The Morgan fingerprint density at radius 1 is 1.03 bits per heavy atom. The molecule has 3 heterocycles. The minimum absolute atomic E-state index is 0.0261. The summed E-state index contributed by atoms with van der Waals surface area (Å²) in [6.07, 6.45) is 0.336. The Bertz CT molecular complexity index is 1090. The predicted molar refractivity (Wildman–Crippen MR) is 106 cm³/mol. The highest BCUT2D eigenvalue weighted by Crippen LogP contribution is 2.37. The first-order valence-electron chi connectivity index (χ1n) is 9.70. The van der Waals surface area contributed by atoms with Crippen molar-refractivity contribution in [2.45, 2.75) is 26.2 Å². The van der Waals surface area contributed by atoms with Gasteiger partial charge in [0.1, 0.15) is 13.2 Å². The number of hydrogen-bond acceptors (Lipinski definition) is 6. The molecule has 1 fully saturated rings. The van der Waals surface area contributed by atoms with E-state index in [9.17, 15) is 4.79 Å². The molecule has 2 aromatic carbocycles. The van der Waals surface area contributed by atoms with Gasteiger partial charge in [-0.05, 0) is 37.6 Å². The van der Waals surface area contributed by atoms with E-state index in [1.54, 1.807) is 4.90 Å². The molecule has 0 bridgehead atoms. The first-order valence-corrected chi connectivity index (χ1v) is 9.70. The first-order chi connectivity index (χ1) is 14.1. The summed E-state index contributed by atoms with van der Waals surface area (Å²) in [5, 5.41) is 4.16. The molecular weight excluding hydrogens is 370 g/mol. The summed E-state index contributed by atoms with van der Waals surface area (Å²) in [6, 6.07) is 11.7. The van der Waals surface area contributed by atoms with E-state index in [0.29, 0.717) is 49.4 Å². The summed E-state index contributed by atoms with van der Waals surface area (Å²) in [6.45, 7) is 5.60. The number of benzene rings is 2. The van der Waals surface area contributed by atoms with Crippen molar-refractivity contribution in [1.29, 1.82) is 0 Å². The Hall–Kier alpha value is -3.35. The number of hydrogen-bond donors (Lipinski definition) is 0. The zero-order valence-corrected chi connectivity index (χ0v) is 16.3. The van der Waals surface area contributed by atoms with Gasteiger partial charge in [-0.3, -0.25) is 4.79 Å². The van der Waals surface area contributed by atoms with Crippen LogP contribution in [0.2, 0.25) is 0 Å². The summed E-state index contributed by atoms with van der Waals surface area (Å²) in [7, 11) is 0. The Balaban J connectivity index is 1.38. The average Bonchev–Trinajstić information content (AvgIpc) is 3.36. The topological polar surface area (TPSA) is 77.7 Å². The quantitative estimate of drug-likeness (QED) is 0.678. The van der Waals surface area contributed by atoms with Gasteiger partial charge in [0.15, 0.2) is 11.5 Å². The number of ether oxygens (including phenoxy) is 2. The average molecular weight is 391 g/mol.